The number of hydrogen-bond acceptors (Lipinski definition) is 4. The van der Waals surface area contributed by atoms with Crippen LogP contribution in [0.15, 0.2) is 29.2 Å². The van der Waals surface area contributed by atoms with Gasteiger partial charge in [-0.3, -0.25) is 4.79 Å². The molecule has 0 radical (unpaired) electrons. The van der Waals surface area contributed by atoms with Crippen LogP contribution in [0.1, 0.15) is 36.0 Å². The van der Waals surface area contributed by atoms with Crippen molar-refractivity contribution in [3.05, 3.63) is 29.8 Å². The van der Waals surface area contributed by atoms with E-state index < -0.39 is 15.9 Å². The van der Waals surface area contributed by atoms with Gasteiger partial charge < -0.3 is 10.6 Å². The number of likely N-dealkylation sites (N-methyl/N-ethyl adjacent to an activating group) is 1. The van der Waals surface area contributed by atoms with Crippen molar-refractivity contribution < 1.29 is 13.2 Å². The van der Waals surface area contributed by atoms with Crippen LogP contribution in [0.4, 0.5) is 0 Å². The number of sulfonamides is 1. The molecule has 1 aromatic carbocycles. The van der Waals surface area contributed by atoms with Gasteiger partial charge in [-0.1, -0.05) is 12.8 Å². The third kappa shape index (κ3) is 3.48. The fourth-order valence-electron chi connectivity index (χ4n) is 2.93. The van der Waals surface area contributed by atoms with Gasteiger partial charge in [0.25, 0.3) is 0 Å². The van der Waals surface area contributed by atoms with E-state index in [4.69, 9.17) is 5.73 Å². The molecule has 1 saturated carbocycles. The second kappa shape index (κ2) is 6.36. The Labute approximate surface area is 131 Å². The fourth-order valence-corrected chi connectivity index (χ4v) is 4.05. The predicted molar refractivity (Wildman–Crippen MR) is 85.0 cm³/mol. The maximum atomic E-state index is 12.4. The van der Waals surface area contributed by atoms with Crippen molar-refractivity contribution in [3.8, 4) is 0 Å². The third-order valence-corrected chi connectivity index (χ3v) is 5.94. The molecule has 122 valence electrons. The Balaban J connectivity index is 2.12. The Morgan fingerprint density at radius 2 is 1.77 bits per heavy atom. The summed E-state index contributed by atoms with van der Waals surface area (Å²) < 4.78 is 27.5. The van der Waals surface area contributed by atoms with E-state index in [0.717, 1.165) is 25.7 Å². The molecule has 7 heteroatoms. The van der Waals surface area contributed by atoms with E-state index in [-0.39, 0.29) is 10.4 Å². The first-order chi connectivity index (χ1) is 10.3. The molecule has 1 fully saturated rings. The van der Waals surface area contributed by atoms with Crippen molar-refractivity contribution in [2.75, 3.05) is 20.6 Å². The van der Waals surface area contributed by atoms with Gasteiger partial charge in [0, 0.05) is 17.6 Å². The average Bonchev–Trinajstić information content (AvgIpc) is 2.96. The molecule has 0 spiro atoms. The third-order valence-electron chi connectivity index (χ3n) is 4.52. The molecule has 0 bridgehead atoms. The highest BCUT2D eigenvalue weighted by atomic mass is 32.2. The maximum Gasteiger partial charge on any atom is 0.248 e. The zero-order valence-corrected chi connectivity index (χ0v) is 13.8. The van der Waals surface area contributed by atoms with E-state index in [9.17, 15) is 13.2 Å². The Kier molecular flexibility index (Phi) is 4.89. The standard InChI is InChI=1S/C15H23N3O3S/c1-18(2)15(9-3-4-10-15)11-17-22(20,21)13-7-5-12(6-8-13)14(16)19/h5-8,17H,3-4,9-11H2,1-2H3,(H2,16,19). The van der Waals surface area contributed by atoms with Crippen molar-refractivity contribution >= 4 is 15.9 Å². The Morgan fingerprint density at radius 1 is 1.23 bits per heavy atom. The zero-order chi connectivity index (χ0) is 16.4. The summed E-state index contributed by atoms with van der Waals surface area (Å²) in [6, 6.07) is 5.65. The molecule has 1 aromatic rings. The zero-order valence-electron chi connectivity index (χ0n) is 13.0. The molecule has 0 unspecified atom stereocenters. The van der Waals surface area contributed by atoms with Crippen molar-refractivity contribution in [2.45, 2.75) is 36.1 Å². The number of carbonyl (C=O) groups is 1. The van der Waals surface area contributed by atoms with Crippen molar-refractivity contribution in [2.24, 2.45) is 5.73 Å². The summed E-state index contributed by atoms with van der Waals surface area (Å²) in [7, 11) is 0.384. The van der Waals surface area contributed by atoms with E-state index in [1.165, 1.54) is 24.3 Å². The van der Waals surface area contributed by atoms with Crippen molar-refractivity contribution in [1.29, 1.82) is 0 Å². The van der Waals surface area contributed by atoms with Crippen LogP contribution in [0.3, 0.4) is 0 Å². The molecule has 0 heterocycles. The molecule has 6 nitrogen and oxygen atoms in total. The summed E-state index contributed by atoms with van der Waals surface area (Å²) in [5, 5.41) is 0. The second-order valence-corrected chi connectivity index (χ2v) is 7.81. The Morgan fingerprint density at radius 3 is 2.23 bits per heavy atom. The lowest BCUT2D eigenvalue weighted by molar-refractivity contribution is 0.1000. The van der Waals surface area contributed by atoms with E-state index in [0.29, 0.717) is 12.1 Å². The highest BCUT2D eigenvalue weighted by Gasteiger charge is 2.36. The smallest absolute Gasteiger partial charge is 0.248 e. The summed E-state index contributed by atoms with van der Waals surface area (Å²) in [5.41, 5.74) is 5.34. The molecule has 0 atom stereocenters. The minimum absolute atomic E-state index is 0.111. The molecular weight excluding hydrogens is 302 g/mol. The maximum absolute atomic E-state index is 12.4. The van der Waals surface area contributed by atoms with Gasteiger partial charge in [-0.15, -0.1) is 0 Å². The quantitative estimate of drug-likeness (QED) is 0.814. The topological polar surface area (TPSA) is 92.5 Å². The van der Waals surface area contributed by atoms with E-state index in [1.54, 1.807) is 0 Å². The normalized spacial score (nSPS) is 17.8. The van der Waals surface area contributed by atoms with Crippen LogP contribution >= 0.6 is 0 Å². The highest BCUT2D eigenvalue weighted by Crippen LogP contribution is 2.33. The van der Waals surface area contributed by atoms with Crippen LogP contribution in [0.2, 0.25) is 0 Å². The number of nitrogens with two attached hydrogens (primary N) is 1. The van der Waals surface area contributed by atoms with Gasteiger partial charge in [0.1, 0.15) is 0 Å². The summed E-state index contributed by atoms with van der Waals surface area (Å²) in [5.74, 6) is -0.575. The lowest BCUT2D eigenvalue weighted by Crippen LogP contribution is -2.50. The highest BCUT2D eigenvalue weighted by molar-refractivity contribution is 7.89. The number of nitrogens with one attached hydrogen (secondary N) is 1. The summed E-state index contributed by atoms with van der Waals surface area (Å²) in [6.45, 7) is 0.389. The average molecular weight is 325 g/mol. The monoisotopic (exact) mass is 325 g/mol. The van der Waals surface area contributed by atoms with Gasteiger partial charge in [-0.05, 0) is 51.2 Å². The fraction of sp³-hybridized carbons (Fsp3) is 0.533. The molecule has 3 N–H and O–H groups in total. The first-order valence-electron chi connectivity index (χ1n) is 7.34. The molecule has 0 saturated heterocycles. The lowest BCUT2D eigenvalue weighted by Gasteiger charge is -2.36. The van der Waals surface area contributed by atoms with Crippen LogP contribution in [0.25, 0.3) is 0 Å². The summed E-state index contributed by atoms with van der Waals surface area (Å²) in [4.78, 5) is 13.3. The lowest BCUT2D eigenvalue weighted by atomic mass is 9.97. The van der Waals surface area contributed by atoms with Gasteiger partial charge in [-0.2, -0.15) is 0 Å². The number of carbonyl (C=O) groups excluding carboxylic acids is 1. The van der Waals surface area contributed by atoms with Crippen LogP contribution in [0.5, 0.6) is 0 Å². The molecule has 1 amide bonds. The molecule has 22 heavy (non-hydrogen) atoms. The van der Waals surface area contributed by atoms with E-state index in [2.05, 4.69) is 9.62 Å². The van der Waals surface area contributed by atoms with Crippen LogP contribution in [-0.2, 0) is 10.0 Å². The Bertz CT molecular complexity index is 633. The molecule has 1 aliphatic rings. The van der Waals surface area contributed by atoms with Crippen molar-refractivity contribution in [1.82, 2.24) is 9.62 Å². The Hall–Kier alpha value is -1.44. The number of amides is 1. The first kappa shape index (κ1) is 16.9. The number of hydrogen-bond donors (Lipinski definition) is 2. The number of primary amides is 1. The molecule has 0 aliphatic heterocycles. The molecular formula is C15H23N3O3S. The number of rotatable bonds is 6. The first-order valence-corrected chi connectivity index (χ1v) is 8.82. The number of benzene rings is 1. The van der Waals surface area contributed by atoms with E-state index in [1.807, 2.05) is 14.1 Å². The molecule has 0 aromatic heterocycles. The second-order valence-electron chi connectivity index (χ2n) is 6.04. The summed E-state index contributed by atoms with van der Waals surface area (Å²) in [6.07, 6.45) is 4.21. The predicted octanol–water partition coefficient (Wildman–Crippen LogP) is 0.938. The van der Waals surface area contributed by atoms with Crippen LogP contribution in [-0.4, -0.2) is 45.4 Å². The van der Waals surface area contributed by atoms with Gasteiger partial charge in [0.2, 0.25) is 15.9 Å². The molecule has 2 rings (SSSR count). The van der Waals surface area contributed by atoms with Gasteiger partial charge in [0.15, 0.2) is 0 Å². The van der Waals surface area contributed by atoms with Crippen LogP contribution in [0, 0.1) is 0 Å². The van der Waals surface area contributed by atoms with Crippen LogP contribution < -0.4 is 10.5 Å². The SMILES string of the molecule is CN(C)C1(CNS(=O)(=O)c2ccc(C(N)=O)cc2)CCCC1. The van der Waals surface area contributed by atoms with Gasteiger partial charge >= 0.3 is 0 Å². The minimum atomic E-state index is -3.59. The molecule has 1 aliphatic carbocycles. The number of nitrogens with zero attached hydrogens (tertiary/aromatic N) is 1. The largest absolute Gasteiger partial charge is 0.366 e. The minimum Gasteiger partial charge on any atom is -0.366 e. The van der Waals surface area contributed by atoms with Gasteiger partial charge in [0.05, 0.1) is 4.90 Å². The summed E-state index contributed by atoms with van der Waals surface area (Å²) >= 11 is 0. The van der Waals surface area contributed by atoms with Gasteiger partial charge in [-0.25, -0.2) is 13.1 Å². The van der Waals surface area contributed by atoms with E-state index >= 15 is 0 Å². The van der Waals surface area contributed by atoms with Crippen molar-refractivity contribution in [3.63, 3.8) is 0 Å².